The molecule has 1 aromatic rings. The summed E-state index contributed by atoms with van der Waals surface area (Å²) in [6.45, 7) is 0. The zero-order valence-electron chi connectivity index (χ0n) is 10.4. The zero-order chi connectivity index (χ0) is 13.0. The molecule has 1 aliphatic rings. The van der Waals surface area contributed by atoms with Crippen molar-refractivity contribution < 1.29 is 8.42 Å². The fraction of sp³-hybridized carbons (Fsp3) is 0.500. The molecule has 96 valence electrons. The largest absolute Gasteiger partial charge is 0.224 e. The summed E-state index contributed by atoms with van der Waals surface area (Å²) in [5.74, 6) is 0.146. The van der Waals surface area contributed by atoms with Crippen molar-refractivity contribution in [1.29, 1.82) is 5.26 Å². The fourth-order valence-corrected chi connectivity index (χ4v) is 3.77. The minimum atomic E-state index is -3.17. The number of rotatable bonds is 5. The molecule has 0 aliphatic heterocycles. The Morgan fingerprint density at radius 1 is 1.17 bits per heavy atom. The standard InChI is InChI=1S/C14H17NO2S/c15-9-2-1-3-10-18(16,17)14-8-7-12-5-4-6-13(12)11-14/h7-8,11H,1-6,10H2. The molecule has 2 rings (SSSR count). The van der Waals surface area contributed by atoms with E-state index in [4.69, 9.17) is 5.26 Å². The summed E-state index contributed by atoms with van der Waals surface area (Å²) in [4.78, 5) is 0.445. The van der Waals surface area contributed by atoms with Gasteiger partial charge in [0.1, 0.15) is 0 Å². The van der Waals surface area contributed by atoms with Crippen molar-refractivity contribution in [3.63, 3.8) is 0 Å². The summed E-state index contributed by atoms with van der Waals surface area (Å²) in [6.07, 6.45) is 4.83. The molecule has 0 heterocycles. The minimum absolute atomic E-state index is 0.146. The highest BCUT2D eigenvalue weighted by atomic mass is 32.2. The maximum Gasteiger partial charge on any atom is 0.178 e. The van der Waals surface area contributed by atoms with Crippen LogP contribution in [0.25, 0.3) is 0 Å². The van der Waals surface area contributed by atoms with Gasteiger partial charge in [-0.05, 0) is 55.4 Å². The first-order valence-corrected chi connectivity index (χ1v) is 8.00. The second-order valence-electron chi connectivity index (χ2n) is 4.72. The molecule has 0 bridgehead atoms. The van der Waals surface area contributed by atoms with Crippen LogP contribution in [0.1, 0.15) is 36.8 Å². The number of benzene rings is 1. The van der Waals surface area contributed by atoms with Gasteiger partial charge in [-0.15, -0.1) is 0 Å². The van der Waals surface area contributed by atoms with E-state index in [-0.39, 0.29) is 5.75 Å². The number of unbranched alkanes of at least 4 members (excludes halogenated alkanes) is 2. The van der Waals surface area contributed by atoms with Gasteiger partial charge in [0.2, 0.25) is 0 Å². The molecule has 0 spiro atoms. The third-order valence-corrected chi connectivity index (χ3v) is 5.18. The van der Waals surface area contributed by atoms with Gasteiger partial charge in [0.05, 0.1) is 16.7 Å². The highest BCUT2D eigenvalue weighted by Gasteiger charge is 2.18. The van der Waals surface area contributed by atoms with Crippen LogP contribution in [-0.4, -0.2) is 14.2 Å². The number of sulfone groups is 1. The van der Waals surface area contributed by atoms with Crippen LogP contribution in [-0.2, 0) is 22.7 Å². The predicted molar refractivity (Wildman–Crippen MR) is 70.0 cm³/mol. The van der Waals surface area contributed by atoms with Crippen LogP contribution in [0, 0.1) is 11.3 Å². The number of aryl methyl sites for hydroxylation is 2. The molecule has 0 atom stereocenters. The molecule has 4 heteroatoms. The van der Waals surface area contributed by atoms with E-state index < -0.39 is 9.84 Å². The van der Waals surface area contributed by atoms with Gasteiger partial charge in [-0.25, -0.2) is 8.42 Å². The van der Waals surface area contributed by atoms with E-state index >= 15 is 0 Å². The molecule has 0 fully saturated rings. The SMILES string of the molecule is N#CCCCCS(=O)(=O)c1ccc2c(c1)CCC2. The predicted octanol–water partition coefficient (Wildman–Crippen LogP) is 2.64. The summed E-state index contributed by atoms with van der Waals surface area (Å²) in [6, 6.07) is 7.54. The summed E-state index contributed by atoms with van der Waals surface area (Å²) < 4.78 is 24.2. The van der Waals surface area contributed by atoms with Gasteiger partial charge >= 0.3 is 0 Å². The molecule has 0 saturated carbocycles. The molecule has 0 aromatic heterocycles. The van der Waals surface area contributed by atoms with Crippen LogP contribution in [0.3, 0.4) is 0 Å². The molecule has 0 unspecified atom stereocenters. The second kappa shape index (κ2) is 5.53. The van der Waals surface area contributed by atoms with E-state index in [9.17, 15) is 8.42 Å². The Labute approximate surface area is 108 Å². The lowest BCUT2D eigenvalue weighted by Crippen LogP contribution is -2.07. The van der Waals surface area contributed by atoms with Crippen molar-refractivity contribution in [2.24, 2.45) is 0 Å². The van der Waals surface area contributed by atoms with Crippen LogP contribution in [0.5, 0.6) is 0 Å². The van der Waals surface area contributed by atoms with Crippen molar-refractivity contribution >= 4 is 9.84 Å². The normalized spacial score (nSPS) is 14.2. The Kier molecular flexibility index (Phi) is 4.03. The monoisotopic (exact) mass is 263 g/mol. The first-order valence-electron chi connectivity index (χ1n) is 6.35. The first kappa shape index (κ1) is 13.1. The van der Waals surface area contributed by atoms with E-state index in [0.717, 1.165) is 19.3 Å². The van der Waals surface area contributed by atoms with Crippen molar-refractivity contribution in [3.05, 3.63) is 29.3 Å². The van der Waals surface area contributed by atoms with Gasteiger partial charge in [-0.1, -0.05) is 6.07 Å². The number of hydrogen-bond acceptors (Lipinski definition) is 3. The molecular formula is C14H17NO2S. The maximum absolute atomic E-state index is 12.1. The van der Waals surface area contributed by atoms with Crippen molar-refractivity contribution in [3.8, 4) is 6.07 Å². The number of fused-ring (bicyclic) bond motifs is 1. The number of nitriles is 1. The fourth-order valence-electron chi connectivity index (χ4n) is 2.36. The minimum Gasteiger partial charge on any atom is -0.224 e. The van der Waals surface area contributed by atoms with E-state index in [0.29, 0.717) is 24.2 Å². The van der Waals surface area contributed by atoms with Gasteiger partial charge in [0.25, 0.3) is 0 Å². The molecule has 3 nitrogen and oxygen atoms in total. The molecule has 0 N–H and O–H groups in total. The Morgan fingerprint density at radius 3 is 2.72 bits per heavy atom. The average molecular weight is 263 g/mol. The summed E-state index contributed by atoms with van der Waals surface area (Å²) in [5, 5.41) is 8.42. The summed E-state index contributed by atoms with van der Waals surface area (Å²) in [7, 11) is -3.17. The van der Waals surface area contributed by atoms with Gasteiger partial charge < -0.3 is 0 Å². The Morgan fingerprint density at radius 2 is 1.94 bits per heavy atom. The van der Waals surface area contributed by atoms with E-state index in [2.05, 4.69) is 0 Å². The van der Waals surface area contributed by atoms with Crippen molar-refractivity contribution in [2.75, 3.05) is 5.75 Å². The van der Waals surface area contributed by atoms with E-state index in [1.807, 2.05) is 18.2 Å². The highest BCUT2D eigenvalue weighted by Crippen LogP contribution is 2.25. The van der Waals surface area contributed by atoms with Gasteiger partial charge in [-0.3, -0.25) is 0 Å². The van der Waals surface area contributed by atoms with Crippen LogP contribution in [0.15, 0.2) is 23.1 Å². The quantitative estimate of drug-likeness (QED) is 0.767. The van der Waals surface area contributed by atoms with Crippen molar-refractivity contribution in [2.45, 2.75) is 43.4 Å². The van der Waals surface area contributed by atoms with Crippen LogP contribution in [0.4, 0.5) is 0 Å². The molecule has 0 radical (unpaired) electrons. The molecule has 0 saturated heterocycles. The molecule has 1 aliphatic carbocycles. The summed E-state index contributed by atoms with van der Waals surface area (Å²) >= 11 is 0. The molecular weight excluding hydrogens is 246 g/mol. The Balaban J connectivity index is 2.08. The maximum atomic E-state index is 12.1. The summed E-state index contributed by atoms with van der Waals surface area (Å²) in [5.41, 5.74) is 2.48. The van der Waals surface area contributed by atoms with Crippen molar-refractivity contribution in [1.82, 2.24) is 0 Å². The Bertz CT molecular complexity index is 570. The van der Waals surface area contributed by atoms with Gasteiger partial charge in [0, 0.05) is 6.42 Å². The van der Waals surface area contributed by atoms with Gasteiger partial charge in [-0.2, -0.15) is 5.26 Å². The first-order chi connectivity index (χ1) is 8.63. The third-order valence-electron chi connectivity index (χ3n) is 3.38. The average Bonchev–Trinajstić information content (AvgIpc) is 2.82. The lowest BCUT2D eigenvalue weighted by molar-refractivity contribution is 0.591. The lowest BCUT2D eigenvalue weighted by Gasteiger charge is -2.06. The zero-order valence-corrected chi connectivity index (χ0v) is 11.2. The smallest absolute Gasteiger partial charge is 0.178 e. The van der Waals surface area contributed by atoms with Gasteiger partial charge in [0.15, 0.2) is 9.84 Å². The van der Waals surface area contributed by atoms with Crippen LogP contribution in [0.2, 0.25) is 0 Å². The lowest BCUT2D eigenvalue weighted by atomic mass is 10.1. The topological polar surface area (TPSA) is 57.9 Å². The van der Waals surface area contributed by atoms with Crippen LogP contribution < -0.4 is 0 Å². The highest BCUT2D eigenvalue weighted by molar-refractivity contribution is 7.91. The number of nitrogens with zero attached hydrogens (tertiary/aromatic N) is 1. The Hall–Kier alpha value is -1.34. The molecule has 0 amide bonds. The number of hydrogen-bond donors (Lipinski definition) is 0. The molecule has 18 heavy (non-hydrogen) atoms. The molecule has 1 aromatic carbocycles. The van der Waals surface area contributed by atoms with Crippen LogP contribution >= 0.6 is 0 Å². The van der Waals surface area contributed by atoms with E-state index in [1.54, 1.807) is 6.07 Å². The van der Waals surface area contributed by atoms with E-state index in [1.165, 1.54) is 11.1 Å². The third kappa shape index (κ3) is 2.91. The second-order valence-corrected chi connectivity index (χ2v) is 6.83.